The average Bonchev–Trinajstić information content (AvgIpc) is 2.84. The lowest BCUT2D eigenvalue weighted by Gasteiger charge is -2.33. The smallest absolute Gasteiger partial charge is 0.0110 e. The van der Waals surface area contributed by atoms with E-state index in [0.717, 1.165) is 19.1 Å². The molecule has 1 unspecified atom stereocenters. The summed E-state index contributed by atoms with van der Waals surface area (Å²) in [6.45, 7) is 7.13. The predicted octanol–water partition coefficient (Wildman–Crippen LogP) is 2.75. The van der Waals surface area contributed by atoms with Gasteiger partial charge >= 0.3 is 0 Å². The Kier molecular flexibility index (Phi) is 5.49. The van der Waals surface area contributed by atoms with Crippen LogP contribution in [-0.4, -0.2) is 37.1 Å². The van der Waals surface area contributed by atoms with E-state index in [-0.39, 0.29) is 0 Å². The molecule has 0 amide bonds. The number of hydrogen-bond acceptors (Lipinski definition) is 3. The molecule has 0 aromatic carbocycles. The fourth-order valence-electron chi connectivity index (χ4n) is 2.50. The highest BCUT2D eigenvalue weighted by molar-refractivity contribution is 7.09. The summed E-state index contributed by atoms with van der Waals surface area (Å²) >= 11 is 1.86. The van der Waals surface area contributed by atoms with Gasteiger partial charge in [0, 0.05) is 30.6 Å². The molecule has 1 atom stereocenters. The van der Waals surface area contributed by atoms with E-state index in [2.05, 4.69) is 34.7 Å². The molecule has 0 aliphatic carbocycles. The Morgan fingerprint density at radius 2 is 2.35 bits per heavy atom. The number of nitrogens with one attached hydrogen (secondary N) is 1. The van der Waals surface area contributed by atoms with Gasteiger partial charge in [-0.25, -0.2) is 0 Å². The van der Waals surface area contributed by atoms with Crippen molar-refractivity contribution in [3.05, 3.63) is 22.4 Å². The predicted molar refractivity (Wildman–Crippen MR) is 75.8 cm³/mol. The summed E-state index contributed by atoms with van der Waals surface area (Å²) in [5.41, 5.74) is 0. The quantitative estimate of drug-likeness (QED) is 0.783. The van der Waals surface area contributed by atoms with E-state index in [1.807, 2.05) is 11.3 Å². The van der Waals surface area contributed by atoms with Crippen molar-refractivity contribution in [2.75, 3.05) is 26.2 Å². The normalized spacial score (nSPS) is 21.8. The minimum Gasteiger partial charge on any atom is -0.315 e. The van der Waals surface area contributed by atoms with Gasteiger partial charge in [0.25, 0.3) is 0 Å². The second-order valence-corrected chi connectivity index (χ2v) is 5.99. The fraction of sp³-hybridized carbons (Fsp3) is 0.714. The number of piperidine rings is 1. The van der Waals surface area contributed by atoms with E-state index in [0.29, 0.717) is 0 Å². The number of thiophene rings is 1. The van der Waals surface area contributed by atoms with Crippen molar-refractivity contribution < 1.29 is 0 Å². The Hall–Kier alpha value is -0.380. The van der Waals surface area contributed by atoms with Crippen LogP contribution >= 0.6 is 11.3 Å². The monoisotopic (exact) mass is 252 g/mol. The number of hydrogen-bond donors (Lipinski definition) is 1. The maximum Gasteiger partial charge on any atom is 0.0110 e. The first-order valence-corrected chi connectivity index (χ1v) is 7.71. The lowest BCUT2D eigenvalue weighted by molar-refractivity contribution is 0.162. The lowest BCUT2D eigenvalue weighted by atomic mass is 10.0. The molecule has 1 aliphatic heterocycles. The molecular weight excluding hydrogens is 228 g/mol. The lowest BCUT2D eigenvalue weighted by Crippen LogP contribution is -2.41. The Balaban J connectivity index is 1.53. The molecule has 2 heterocycles. The molecule has 1 aliphatic rings. The average molecular weight is 252 g/mol. The number of rotatable bonds is 6. The van der Waals surface area contributed by atoms with Gasteiger partial charge in [0.05, 0.1) is 0 Å². The zero-order valence-corrected chi connectivity index (χ0v) is 11.6. The van der Waals surface area contributed by atoms with Crippen molar-refractivity contribution >= 4 is 11.3 Å². The van der Waals surface area contributed by atoms with Crippen molar-refractivity contribution in [3.63, 3.8) is 0 Å². The van der Waals surface area contributed by atoms with Gasteiger partial charge in [0.2, 0.25) is 0 Å². The maximum atomic E-state index is 3.56. The second-order valence-electron chi connectivity index (χ2n) is 4.96. The van der Waals surface area contributed by atoms with Crippen LogP contribution in [0.15, 0.2) is 17.5 Å². The first-order chi connectivity index (χ1) is 8.36. The van der Waals surface area contributed by atoms with E-state index < -0.39 is 0 Å². The van der Waals surface area contributed by atoms with Crippen LogP contribution < -0.4 is 5.32 Å². The Bertz CT molecular complexity index is 297. The summed E-state index contributed by atoms with van der Waals surface area (Å²) in [6, 6.07) is 5.15. The molecule has 1 aromatic rings. The van der Waals surface area contributed by atoms with Crippen LogP contribution in [0.2, 0.25) is 0 Å². The zero-order valence-electron chi connectivity index (χ0n) is 10.8. The molecule has 2 nitrogen and oxygen atoms in total. The molecule has 1 N–H and O–H groups in total. The van der Waals surface area contributed by atoms with E-state index in [9.17, 15) is 0 Å². The number of nitrogens with zero attached hydrogens (tertiary/aromatic N) is 1. The van der Waals surface area contributed by atoms with Crippen molar-refractivity contribution in [1.29, 1.82) is 0 Å². The van der Waals surface area contributed by atoms with Crippen molar-refractivity contribution in [2.24, 2.45) is 0 Å². The molecule has 0 bridgehead atoms. The van der Waals surface area contributed by atoms with Crippen molar-refractivity contribution in [3.8, 4) is 0 Å². The topological polar surface area (TPSA) is 15.3 Å². The van der Waals surface area contributed by atoms with Crippen LogP contribution in [0.5, 0.6) is 0 Å². The third-order valence-corrected chi connectivity index (χ3v) is 4.58. The molecule has 3 heteroatoms. The highest BCUT2D eigenvalue weighted by Gasteiger charge is 2.16. The highest BCUT2D eigenvalue weighted by Crippen LogP contribution is 2.15. The van der Waals surface area contributed by atoms with Gasteiger partial charge in [-0.15, -0.1) is 11.3 Å². The van der Waals surface area contributed by atoms with Gasteiger partial charge < -0.3 is 5.32 Å². The Labute approximate surface area is 109 Å². The summed E-state index contributed by atoms with van der Waals surface area (Å²) in [4.78, 5) is 4.12. The molecule has 17 heavy (non-hydrogen) atoms. The Morgan fingerprint density at radius 3 is 3.12 bits per heavy atom. The first kappa shape index (κ1) is 13.1. The molecular formula is C14H24N2S. The zero-order chi connectivity index (χ0) is 11.9. The van der Waals surface area contributed by atoms with Gasteiger partial charge in [-0.1, -0.05) is 12.5 Å². The van der Waals surface area contributed by atoms with Crippen LogP contribution in [-0.2, 0) is 6.42 Å². The molecule has 0 spiro atoms. The van der Waals surface area contributed by atoms with E-state index in [4.69, 9.17) is 0 Å². The van der Waals surface area contributed by atoms with Gasteiger partial charge in [-0.2, -0.15) is 0 Å². The minimum absolute atomic E-state index is 0.794. The van der Waals surface area contributed by atoms with Crippen LogP contribution in [0, 0.1) is 0 Å². The van der Waals surface area contributed by atoms with E-state index >= 15 is 0 Å². The molecule has 1 aromatic heterocycles. The third-order valence-electron chi connectivity index (χ3n) is 3.64. The van der Waals surface area contributed by atoms with E-state index in [1.165, 1.54) is 43.6 Å². The van der Waals surface area contributed by atoms with Crippen LogP contribution in [0.1, 0.15) is 31.1 Å². The SMILES string of the molecule is CC1CCCCN1CCNCCc1cccs1. The van der Waals surface area contributed by atoms with Crippen LogP contribution in [0.4, 0.5) is 0 Å². The van der Waals surface area contributed by atoms with Crippen molar-refractivity contribution in [2.45, 2.75) is 38.6 Å². The summed E-state index contributed by atoms with van der Waals surface area (Å²) in [6.07, 6.45) is 5.37. The molecule has 0 radical (unpaired) electrons. The van der Waals surface area contributed by atoms with Gasteiger partial charge in [0.15, 0.2) is 0 Å². The minimum atomic E-state index is 0.794. The van der Waals surface area contributed by atoms with Gasteiger partial charge in [-0.05, 0) is 44.2 Å². The van der Waals surface area contributed by atoms with Crippen molar-refractivity contribution in [1.82, 2.24) is 10.2 Å². The molecule has 1 saturated heterocycles. The molecule has 1 fully saturated rings. The number of likely N-dealkylation sites (tertiary alicyclic amines) is 1. The van der Waals surface area contributed by atoms with E-state index in [1.54, 1.807) is 0 Å². The fourth-order valence-corrected chi connectivity index (χ4v) is 3.21. The second kappa shape index (κ2) is 7.14. The largest absolute Gasteiger partial charge is 0.315 e. The summed E-state index contributed by atoms with van der Waals surface area (Å²) in [5.74, 6) is 0. The standard InChI is InChI=1S/C14H24N2S/c1-13-5-2-3-10-16(13)11-9-15-8-7-14-6-4-12-17-14/h4,6,12-13,15H,2-3,5,7-11H2,1H3. The summed E-state index contributed by atoms with van der Waals surface area (Å²) in [5, 5.41) is 5.71. The highest BCUT2D eigenvalue weighted by atomic mass is 32.1. The molecule has 2 rings (SSSR count). The molecule has 0 saturated carbocycles. The summed E-state index contributed by atoms with van der Waals surface area (Å²) < 4.78 is 0. The van der Waals surface area contributed by atoms with Gasteiger partial charge in [-0.3, -0.25) is 4.90 Å². The third kappa shape index (κ3) is 4.41. The summed E-state index contributed by atoms with van der Waals surface area (Å²) in [7, 11) is 0. The first-order valence-electron chi connectivity index (χ1n) is 6.83. The Morgan fingerprint density at radius 1 is 1.41 bits per heavy atom. The van der Waals surface area contributed by atoms with Crippen LogP contribution in [0.25, 0.3) is 0 Å². The molecule has 96 valence electrons. The van der Waals surface area contributed by atoms with Gasteiger partial charge in [0.1, 0.15) is 0 Å². The maximum absolute atomic E-state index is 3.56. The van der Waals surface area contributed by atoms with Crippen LogP contribution in [0.3, 0.4) is 0 Å².